The van der Waals surface area contributed by atoms with E-state index in [4.69, 9.17) is 18.9 Å². The average molecular weight is 538 g/mol. The Hall–Kier alpha value is -3.88. The van der Waals surface area contributed by atoms with Crippen molar-refractivity contribution in [2.24, 2.45) is 11.8 Å². The van der Waals surface area contributed by atoms with E-state index in [-0.39, 0.29) is 30.1 Å². The molecular formula is C30H35NO8. The maximum absolute atomic E-state index is 12.2. The number of rotatable bonds is 7. The first kappa shape index (κ1) is 28.1. The molecule has 0 N–H and O–H groups in total. The van der Waals surface area contributed by atoms with Gasteiger partial charge in [-0.2, -0.15) is 0 Å². The third kappa shape index (κ3) is 7.59. The molecule has 1 saturated carbocycles. The molecular weight excluding hydrogens is 502 g/mol. The normalized spacial score (nSPS) is 23.1. The van der Waals surface area contributed by atoms with Crippen molar-refractivity contribution in [3.63, 3.8) is 0 Å². The van der Waals surface area contributed by atoms with Crippen LogP contribution in [-0.2, 0) is 19.6 Å². The highest BCUT2D eigenvalue weighted by molar-refractivity contribution is 5.65. The summed E-state index contributed by atoms with van der Waals surface area (Å²) in [7, 11) is 0. The first-order valence-electron chi connectivity index (χ1n) is 13.4. The first-order chi connectivity index (χ1) is 18.6. The van der Waals surface area contributed by atoms with Crippen LogP contribution in [0.2, 0.25) is 0 Å². The van der Waals surface area contributed by atoms with Gasteiger partial charge in [-0.3, -0.25) is 10.1 Å². The zero-order chi connectivity index (χ0) is 28.0. The van der Waals surface area contributed by atoms with Crippen LogP contribution < -0.4 is 4.74 Å². The van der Waals surface area contributed by atoms with Crippen LogP contribution in [0.3, 0.4) is 0 Å². The molecule has 9 nitrogen and oxygen atoms in total. The molecule has 1 aromatic carbocycles. The summed E-state index contributed by atoms with van der Waals surface area (Å²) in [6.45, 7) is 6.50. The van der Waals surface area contributed by atoms with E-state index in [1.165, 1.54) is 12.2 Å². The second-order valence-electron chi connectivity index (χ2n) is 10.9. The Morgan fingerprint density at radius 1 is 0.949 bits per heavy atom. The molecule has 3 aliphatic carbocycles. The van der Waals surface area contributed by atoms with E-state index < -0.39 is 17.2 Å². The average Bonchev–Trinajstić information content (AvgIpc) is 2.91. The van der Waals surface area contributed by atoms with Crippen LogP contribution in [0.5, 0.6) is 5.75 Å². The molecule has 0 bridgehead atoms. The van der Waals surface area contributed by atoms with E-state index in [0.717, 1.165) is 37.7 Å². The van der Waals surface area contributed by atoms with Crippen molar-refractivity contribution in [3.8, 4) is 5.75 Å². The molecule has 0 saturated heterocycles. The van der Waals surface area contributed by atoms with Crippen molar-refractivity contribution in [3.05, 3.63) is 87.5 Å². The quantitative estimate of drug-likeness (QED) is 0.152. The third-order valence-electron chi connectivity index (χ3n) is 7.78. The van der Waals surface area contributed by atoms with Crippen molar-refractivity contribution in [1.82, 2.24) is 0 Å². The van der Waals surface area contributed by atoms with Gasteiger partial charge in [-0.1, -0.05) is 39.0 Å². The number of benzene rings is 1. The zero-order valence-corrected chi connectivity index (χ0v) is 22.6. The summed E-state index contributed by atoms with van der Waals surface area (Å²) in [5.74, 6) is 2.07. The molecule has 1 atom stereocenters. The fraction of sp³-hybridized carbons (Fsp3) is 0.467. The summed E-state index contributed by atoms with van der Waals surface area (Å²) in [5, 5.41) is 10.8. The van der Waals surface area contributed by atoms with Gasteiger partial charge in [0.05, 0.1) is 4.92 Å². The molecule has 0 radical (unpaired) electrons. The van der Waals surface area contributed by atoms with Crippen LogP contribution in [0.25, 0.3) is 0 Å². The standard InChI is InChI=1S/C30H35NO8/c1-20-4-12-24(13-5-20)36-28(32)37-25-14-6-21(7-15-25)30(2,3)22-8-16-26(17-9-22)38-29(33)39-27-18-10-23(11-19-27)31(34)35/h4,8-10,12-13,16-18,20-21,25H,5-7,11,14-15,19H2,1-3H3. The van der Waals surface area contributed by atoms with Gasteiger partial charge in [-0.05, 0) is 85.3 Å². The number of hydrogen-bond acceptors (Lipinski definition) is 8. The van der Waals surface area contributed by atoms with Crippen molar-refractivity contribution < 1.29 is 33.5 Å². The topological polar surface area (TPSA) is 114 Å². The van der Waals surface area contributed by atoms with Crippen molar-refractivity contribution >= 4 is 12.3 Å². The lowest BCUT2D eigenvalue weighted by molar-refractivity contribution is -0.428. The van der Waals surface area contributed by atoms with Crippen molar-refractivity contribution in [1.29, 1.82) is 0 Å². The van der Waals surface area contributed by atoms with E-state index in [1.807, 2.05) is 30.4 Å². The van der Waals surface area contributed by atoms with Crippen molar-refractivity contribution in [2.75, 3.05) is 0 Å². The highest BCUT2D eigenvalue weighted by atomic mass is 16.7. The van der Waals surface area contributed by atoms with Crippen LogP contribution in [0.4, 0.5) is 9.59 Å². The SMILES string of the molecule is CC1C=CC(OC(=O)OC2CCC(C(C)(C)c3ccc(OC(=O)OC4=CC=C([N+](=O)[O-])CC4)cc3)CC2)=CC1. The van der Waals surface area contributed by atoms with Crippen LogP contribution in [0.1, 0.15) is 71.3 Å². The van der Waals surface area contributed by atoms with Gasteiger partial charge in [0, 0.05) is 18.9 Å². The molecule has 0 heterocycles. The number of ether oxygens (including phenoxy) is 4. The van der Waals surface area contributed by atoms with Crippen LogP contribution in [-0.4, -0.2) is 23.3 Å². The fourth-order valence-electron chi connectivity index (χ4n) is 5.20. The minimum atomic E-state index is -0.881. The number of nitrogens with zero attached hydrogens (tertiary/aromatic N) is 1. The molecule has 1 unspecified atom stereocenters. The van der Waals surface area contributed by atoms with Crippen LogP contribution >= 0.6 is 0 Å². The number of nitro groups is 1. The maximum Gasteiger partial charge on any atom is 0.519 e. The molecule has 39 heavy (non-hydrogen) atoms. The van der Waals surface area contributed by atoms with Gasteiger partial charge in [0.15, 0.2) is 0 Å². The van der Waals surface area contributed by atoms with E-state index in [1.54, 1.807) is 12.1 Å². The Kier molecular flexibility index (Phi) is 8.89. The first-order valence-corrected chi connectivity index (χ1v) is 13.4. The summed E-state index contributed by atoms with van der Waals surface area (Å²) in [5.41, 5.74) is 1.06. The Balaban J connectivity index is 1.24. The van der Waals surface area contributed by atoms with E-state index in [2.05, 4.69) is 20.8 Å². The monoisotopic (exact) mass is 537 g/mol. The van der Waals surface area contributed by atoms with E-state index >= 15 is 0 Å². The van der Waals surface area contributed by atoms with Crippen LogP contribution in [0, 0.1) is 22.0 Å². The minimum Gasteiger partial charge on any atom is -0.431 e. The van der Waals surface area contributed by atoms with Gasteiger partial charge >= 0.3 is 12.3 Å². The lowest BCUT2D eigenvalue weighted by Gasteiger charge is -2.39. The number of allylic oxidation sites excluding steroid dienone is 7. The molecule has 208 valence electrons. The van der Waals surface area contributed by atoms with Gasteiger partial charge in [0.25, 0.3) is 0 Å². The number of carbonyl (C=O) groups is 2. The summed E-state index contributed by atoms with van der Waals surface area (Å²) in [4.78, 5) is 34.7. The van der Waals surface area contributed by atoms with Gasteiger partial charge in [-0.25, -0.2) is 9.59 Å². The molecule has 3 aliphatic rings. The molecule has 9 heteroatoms. The second kappa shape index (κ2) is 12.3. The van der Waals surface area contributed by atoms with E-state index in [0.29, 0.717) is 29.1 Å². The Labute approximate surface area is 228 Å². The molecule has 0 aliphatic heterocycles. The minimum absolute atomic E-state index is 0.0809. The summed E-state index contributed by atoms with van der Waals surface area (Å²) >= 11 is 0. The summed E-state index contributed by atoms with van der Waals surface area (Å²) in [6, 6.07) is 7.36. The fourth-order valence-corrected chi connectivity index (χ4v) is 5.20. The summed E-state index contributed by atoms with van der Waals surface area (Å²) in [6.07, 6.45) is 11.5. The van der Waals surface area contributed by atoms with Gasteiger partial charge in [0.2, 0.25) is 5.70 Å². The molecule has 4 rings (SSSR count). The molecule has 0 spiro atoms. The Morgan fingerprint density at radius 2 is 1.67 bits per heavy atom. The number of hydrogen-bond donors (Lipinski definition) is 0. The molecule has 0 amide bonds. The highest BCUT2D eigenvalue weighted by Gasteiger charge is 2.35. The van der Waals surface area contributed by atoms with Gasteiger partial charge in [-0.15, -0.1) is 0 Å². The Morgan fingerprint density at radius 3 is 2.26 bits per heavy atom. The van der Waals surface area contributed by atoms with E-state index in [9.17, 15) is 19.7 Å². The van der Waals surface area contributed by atoms with Crippen LogP contribution in [0.15, 0.2) is 71.9 Å². The predicted molar refractivity (Wildman–Crippen MR) is 143 cm³/mol. The highest BCUT2D eigenvalue weighted by Crippen LogP contribution is 2.42. The third-order valence-corrected chi connectivity index (χ3v) is 7.78. The second-order valence-corrected chi connectivity index (χ2v) is 10.9. The van der Waals surface area contributed by atoms with Gasteiger partial charge < -0.3 is 18.9 Å². The maximum atomic E-state index is 12.2. The molecule has 1 fully saturated rings. The smallest absolute Gasteiger partial charge is 0.431 e. The molecule has 1 aromatic rings. The predicted octanol–water partition coefficient (Wildman–Crippen LogP) is 7.51. The van der Waals surface area contributed by atoms with Gasteiger partial charge in [0.1, 0.15) is 23.4 Å². The lowest BCUT2D eigenvalue weighted by Crippen LogP contribution is -2.34. The Bertz CT molecular complexity index is 1200. The van der Waals surface area contributed by atoms with Crippen molar-refractivity contribution in [2.45, 2.75) is 77.2 Å². The lowest BCUT2D eigenvalue weighted by atomic mass is 9.67. The largest absolute Gasteiger partial charge is 0.519 e. The molecule has 0 aromatic heterocycles. The summed E-state index contributed by atoms with van der Waals surface area (Å²) < 4.78 is 21.4. The number of carbonyl (C=O) groups excluding carboxylic acids is 2. The zero-order valence-electron chi connectivity index (χ0n) is 22.6.